The quantitative estimate of drug-likeness (QED) is 0.178. The summed E-state index contributed by atoms with van der Waals surface area (Å²) in [5.74, 6) is -1.57. The number of likely N-dealkylation sites (tertiary alicyclic amines) is 1. The van der Waals surface area contributed by atoms with Gasteiger partial charge in [-0.05, 0) is 67.9 Å². The van der Waals surface area contributed by atoms with Crippen molar-refractivity contribution in [2.24, 2.45) is 0 Å². The maximum absolute atomic E-state index is 15.9. The molecule has 4 heterocycles. The molecule has 2 atom stereocenters. The number of hydrogen-bond acceptors (Lipinski definition) is 9. The van der Waals surface area contributed by atoms with E-state index in [2.05, 4.69) is 98.4 Å². The van der Waals surface area contributed by atoms with Crippen LogP contribution in [0.25, 0.3) is 16.8 Å². The van der Waals surface area contributed by atoms with Crippen molar-refractivity contribution in [1.82, 2.24) is 25.1 Å². The molecule has 0 radical (unpaired) electrons. The van der Waals surface area contributed by atoms with Gasteiger partial charge >= 0.3 is 6.01 Å². The summed E-state index contributed by atoms with van der Waals surface area (Å²) in [6, 6.07) is 15.1. The smallest absolute Gasteiger partial charge is 0.317 e. The van der Waals surface area contributed by atoms with Crippen LogP contribution < -0.4 is 15.0 Å². The van der Waals surface area contributed by atoms with E-state index in [4.69, 9.17) is 24.4 Å². The third-order valence-corrected chi connectivity index (χ3v) is 15.9. The van der Waals surface area contributed by atoms with Gasteiger partial charge in [-0.25, -0.2) is 4.39 Å². The SMILES string of the molecule is Cc1cccc2cccc(N3CCc4c(C=C(F)C(=O)N5CCN[C@@H](CC#N)C5)nc(OC[C@@H]5CCCN5CCO[Si](C)(C)C(C)(C)C)nc4C3)c12. The molecule has 0 saturated carbocycles. The molecule has 1 N–H and O–H groups in total. The first-order chi connectivity index (χ1) is 24.8. The lowest BCUT2D eigenvalue weighted by atomic mass is 9.98. The number of hydrogen-bond donors (Lipinski definition) is 1. The lowest BCUT2D eigenvalue weighted by Gasteiger charge is -2.37. The summed E-state index contributed by atoms with van der Waals surface area (Å²) in [4.78, 5) is 29.2. The van der Waals surface area contributed by atoms with Gasteiger partial charge in [-0.2, -0.15) is 15.2 Å². The zero-order valence-corrected chi connectivity index (χ0v) is 32.7. The van der Waals surface area contributed by atoms with Gasteiger partial charge in [-0.15, -0.1) is 0 Å². The van der Waals surface area contributed by atoms with Gasteiger partial charge in [0.15, 0.2) is 14.1 Å². The first kappa shape index (κ1) is 37.9. The highest BCUT2D eigenvalue weighted by molar-refractivity contribution is 6.74. The summed E-state index contributed by atoms with van der Waals surface area (Å²) in [5.41, 5.74) is 4.32. The van der Waals surface area contributed by atoms with E-state index < -0.39 is 20.1 Å². The highest BCUT2D eigenvalue weighted by Gasteiger charge is 2.37. The molecular weight excluding hydrogens is 674 g/mol. The van der Waals surface area contributed by atoms with Gasteiger partial charge in [0.05, 0.1) is 30.4 Å². The van der Waals surface area contributed by atoms with E-state index in [1.54, 1.807) is 0 Å². The number of carbonyl (C=O) groups is 1. The molecular formula is C40H54FN7O3Si. The number of aryl methyl sites for hydroxylation is 1. The average molecular weight is 728 g/mol. The lowest BCUT2D eigenvalue weighted by molar-refractivity contribution is -0.129. The third-order valence-electron chi connectivity index (χ3n) is 11.4. The summed E-state index contributed by atoms with van der Waals surface area (Å²) in [5, 5.41) is 14.9. The minimum atomic E-state index is -1.84. The number of anilines is 1. The van der Waals surface area contributed by atoms with Gasteiger partial charge in [-0.1, -0.05) is 51.1 Å². The van der Waals surface area contributed by atoms with Crippen LogP contribution in [-0.2, 0) is 22.2 Å². The topological polar surface area (TPSA) is 107 Å². The van der Waals surface area contributed by atoms with Gasteiger partial charge in [0.2, 0.25) is 0 Å². The van der Waals surface area contributed by atoms with Crippen molar-refractivity contribution in [2.75, 3.05) is 57.4 Å². The van der Waals surface area contributed by atoms with Crippen molar-refractivity contribution in [1.29, 1.82) is 5.26 Å². The molecule has 0 spiro atoms. The van der Waals surface area contributed by atoms with Crippen LogP contribution in [0.15, 0.2) is 42.2 Å². The van der Waals surface area contributed by atoms with E-state index in [0.717, 1.165) is 42.9 Å². The third kappa shape index (κ3) is 8.49. The predicted octanol–water partition coefficient (Wildman–Crippen LogP) is 6.39. The maximum Gasteiger partial charge on any atom is 0.317 e. The molecule has 0 bridgehead atoms. The minimum absolute atomic E-state index is 0.160. The number of ether oxygens (including phenoxy) is 1. The van der Waals surface area contributed by atoms with Crippen molar-refractivity contribution in [2.45, 2.75) is 90.1 Å². The first-order valence-corrected chi connectivity index (χ1v) is 21.7. The Kier molecular flexibility index (Phi) is 11.6. The Labute approximate surface area is 309 Å². The second kappa shape index (κ2) is 16.0. The van der Waals surface area contributed by atoms with E-state index in [9.17, 15) is 4.79 Å². The van der Waals surface area contributed by atoms with E-state index in [0.29, 0.717) is 51.5 Å². The highest BCUT2D eigenvalue weighted by Crippen LogP contribution is 2.37. The Morgan fingerprint density at radius 2 is 1.94 bits per heavy atom. The zero-order chi connectivity index (χ0) is 37.0. The summed E-state index contributed by atoms with van der Waals surface area (Å²) < 4.78 is 28.7. The Morgan fingerprint density at radius 3 is 2.71 bits per heavy atom. The second-order valence-corrected chi connectivity index (χ2v) is 20.8. The molecule has 1 aromatic heterocycles. The molecule has 3 aliphatic heterocycles. The standard InChI is InChI=1S/C40H54FN7O3Si/c1-28-10-7-11-29-12-8-14-36(37(28)29)47-20-16-32-34(24-33(41)38(49)48-21-18-43-30(25-48)15-17-42)44-39(45-35(32)26-47)50-27-31-13-9-19-46(31)22-23-51-52(5,6)40(2,3)4/h7-8,10-12,14,24,30-31,43H,9,13,15-16,18-23,25-27H2,1-6H3/t30-,31-/m0/s1. The monoisotopic (exact) mass is 727 g/mol. The van der Waals surface area contributed by atoms with Crippen LogP contribution in [0.5, 0.6) is 6.01 Å². The molecule has 0 aliphatic carbocycles. The second-order valence-electron chi connectivity index (χ2n) is 15.9. The normalized spacial score (nSPS) is 20.2. The summed E-state index contributed by atoms with van der Waals surface area (Å²) in [7, 11) is -1.84. The molecule has 12 heteroatoms. The van der Waals surface area contributed by atoms with E-state index in [-0.39, 0.29) is 36.1 Å². The average Bonchev–Trinajstić information content (AvgIpc) is 3.56. The molecule has 2 aromatic carbocycles. The number of benzene rings is 2. The minimum Gasteiger partial charge on any atom is -0.462 e. The fourth-order valence-electron chi connectivity index (χ4n) is 7.37. The first-order valence-electron chi connectivity index (χ1n) is 18.8. The Morgan fingerprint density at radius 1 is 1.15 bits per heavy atom. The van der Waals surface area contributed by atoms with Crippen molar-refractivity contribution < 1.29 is 18.3 Å². The Bertz CT molecular complexity index is 1830. The summed E-state index contributed by atoms with van der Waals surface area (Å²) in [6.45, 7) is 18.8. The van der Waals surface area contributed by atoms with Crippen molar-refractivity contribution in [3.8, 4) is 12.1 Å². The van der Waals surface area contributed by atoms with Gasteiger partial charge < -0.3 is 24.3 Å². The van der Waals surface area contributed by atoms with Crippen LogP contribution >= 0.6 is 0 Å². The molecule has 52 heavy (non-hydrogen) atoms. The van der Waals surface area contributed by atoms with Crippen LogP contribution in [0.3, 0.4) is 0 Å². The van der Waals surface area contributed by atoms with Gasteiger partial charge in [0, 0.05) is 74.1 Å². The molecule has 278 valence electrons. The number of aromatic nitrogens is 2. The largest absolute Gasteiger partial charge is 0.462 e. The molecule has 3 aliphatic rings. The van der Waals surface area contributed by atoms with Gasteiger partial charge in [0.25, 0.3) is 5.91 Å². The van der Waals surface area contributed by atoms with Crippen LogP contribution in [0.4, 0.5) is 10.1 Å². The summed E-state index contributed by atoms with van der Waals surface area (Å²) in [6.07, 6.45) is 4.19. The molecule has 10 nitrogen and oxygen atoms in total. The number of fused-ring (bicyclic) bond motifs is 2. The molecule has 6 rings (SSSR count). The van der Waals surface area contributed by atoms with Crippen LogP contribution in [-0.4, -0.2) is 98.6 Å². The van der Waals surface area contributed by atoms with Gasteiger partial charge in [0.1, 0.15) is 6.61 Å². The van der Waals surface area contributed by atoms with Crippen molar-refractivity contribution in [3.05, 3.63) is 64.7 Å². The molecule has 0 unspecified atom stereocenters. The Balaban J connectivity index is 1.24. The number of nitrogens with one attached hydrogen (secondary N) is 1. The number of nitrogens with zero attached hydrogens (tertiary/aromatic N) is 6. The number of amides is 1. The molecule has 2 fully saturated rings. The maximum atomic E-state index is 15.9. The zero-order valence-electron chi connectivity index (χ0n) is 31.7. The Hall–Kier alpha value is -3.89. The fraction of sp³-hybridized carbons (Fsp3) is 0.550. The van der Waals surface area contributed by atoms with Gasteiger partial charge in [-0.3, -0.25) is 9.69 Å². The molecule has 3 aromatic rings. The number of carbonyl (C=O) groups excluding carboxylic acids is 1. The number of halogens is 1. The van der Waals surface area contributed by atoms with E-state index in [1.807, 2.05) is 0 Å². The lowest BCUT2D eigenvalue weighted by Crippen LogP contribution is -2.52. The van der Waals surface area contributed by atoms with E-state index >= 15 is 4.39 Å². The number of nitriles is 1. The number of piperazine rings is 1. The molecule has 2 saturated heterocycles. The van der Waals surface area contributed by atoms with E-state index in [1.165, 1.54) is 27.3 Å². The van der Waals surface area contributed by atoms with Crippen LogP contribution in [0, 0.1) is 18.3 Å². The predicted molar refractivity (Wildman–Crippen MR) is 206 cm³/mol. The molecule has 1 amide bonds. The summed E-state index contributed by atoms with van der Waals surface area (Å²) >= 11 is 0. The van der Waals surface area contributed by atoms with Crippen LogP contribution in [0.1, 0.15) is 62.5 Å². The number of rotatable bonds is 11. The highest BCUT2D eigenvalue weighted by atomic mass is 28.4. The van der Waals surface area contributed by atoms with Crippen LogP contribution in [0.2, 0.25) is 18.1 Å². The van der Waals surface area contributed by atoms with Crippen molar-refractivity contribution >= 4 is 36.8 Å². The van der Waals surface area contributed by atoms with Crippen molar-refractivity contribution in [3.63, 3.8) is 0 Å². The fourth-order valence-corrected chi connectivity index (χ4v) is 8.40.